The Morgan fingerprint density at radius 3 is 2.82 bits per heavy atom. The summed E-state index contributed by atoms with van der Waals surface area (Å²) in [4.78, 5) is 6.81. The molecular formula is C13H11N3S. The molecule has 84 valence electrons. The minimum Gasteiger partial charge on any atom is -0.275 e. The molecule has 0 aliphatic carbocycles. The zero-order chi connectivity index (χ0) is 11.7. The molecule has 0 bridgehead atoms. The van der Waals surface area contributed by atoms with Gasteiger partial charge in [-0.25, -0.2) is 4.98 Å². The monoisotopic (exact) mass is 241 g/mol. The molecule has 0 atom stereocenters. The summed E-state index contributed by atoms with van der Waals surface area (Å²) in [6.07, 6.45) is 1.76. The minimum absolute atomic E-state index is 0.920. The molecule has 0 spiro atoms. The molecule has 1 aromatic carbocycles. The standard InChI is InChI=1S/C13H11N3S/c1-9-7-12(13-11(15-9)8-14-16-13)17-10-5-3-2-4-6-10/h2-8H,1H3,(H,14,16). The average molecular weight is 241 g/mol. The van der Waals surface area contributed by atoms with Gasteiger partial charge in [0.1, 0.15) is 5.52 Å². The Kier molecular flexibility index (Phi) is 2.57. The number of fused-ring (bicyclic) bond motifs is 1. The highest BCUT2D eigenvalue weighted by atomic mass is 32.2. The summed E-state index contributed by atoms with van der Waals surface area (Å²) in [7, 11) is 0. The van der Waals surface area contributed by atoms with E-state index in [9.17, 15) is 0 Å². The van der Waals surface area contributed by atoms with Crippen LogP contribution in [0.2, 0.25) is 0 Å². The van der Waals surface area contributed by atoms with Crippen LogP contribution < -0.4 is 0 Å². The van der Waals surface area contributed by atoms with Crippen LogP contribution in [-0.4, -0.2) is 15.2 Å². The van der Waals surface area contributed by atoms with Crippen molar-refractivity contribution in [2.75, 3.05) is 0 Å². The lowest BCUT2D eigenvalue weighted by molar-refractivity contribution is 1.11. The van der Waals surface area contributed by atoms with E-state index in [1.54, 1.807) is 18.0 Å². The Balaban J connectivity index is 2.08. The van der Waals surface area contributed by atoms with Crippen LogP contribution in [0.15, 0.2) is 52.4 Å². The van der Waals surface area contributed by atoms with Crippen molar-refractivity contribution in [3.63, 3.8) is 0 Å². The van der Waals surface area contributed by atoms with Crippen molar-refractivity contribution in [2.24, 2.45) is 0 Å². The molecular weight excluding hydrogens is 230 g/mol. The maximum Gasteiger partial charge on any atom is 0.109 e. The van der Waals surface area contributed by atoms with Gasteiger partial charge in [0.2, 0.25) is 0 Å². The number of benzene rings is 1. The molecule has 0 amide bonds. The summed E-state index contributed by atoms with van der Waals surface area (Å²) in [6, 6.07) is 12.4. The van der Waals surface area contributed by atoms with Crippen molar-refractivity contribution in [2.45, 2.75) is 16.7 Å². The second-order valence-electron chi connectivity index (χ2n) is 3.81. The second-order valence-corrected chi connectivity index (χ2v) is 4.92. The molecule has 1 N–H and O–H groups in total. The van der Waals surface area contributed by atoms with Gasteiger partial charge in [-0.05, 0) is 25.1 Å². The third kappa shape index (κ3) is 2.03. The van der Waals surface area contributed by atoms with E-state index < -0.39 is 0 Å². The first-order valence-corrected chi connectivity index (χ1v) is 6.18. The largest absolute Gasteiger partial charge is 0.275 e. The van der Waals surface area contributed by atoms with Gasteiger partial charge < -0.3 is 0 Å². The number of aromatic amines is 1. The number of hydrogen-bond acceptors (Lipinski definition) is 3. The van der Waals surface area contributed by atoms with Crippen LogP contribution in [0.4, 0.5) is 0 Å². The van der Waals surface area contributed by atoms with Crippen molar-refractivity contribution < 1.29 is 0 Å². The fourth-order valence-electron chi connectivity index (χ4n) is 1.73. The first kappa shape index (κ1) is 10.4. The highest BCUT2D eigenvalue weighted by molar-refractivity contribution is 7.99. The third-order valence-corrected chi connectivity index (χ3v) is 3.52. The summed E-state index contributed by atoms with van der Waals surface area (Å²) in [6.45, 7) is 2.00. The minimum atomic E-state index is 0.920. The predicted octanol–water partition coefficient (Wildman–Crippen LogP) is 3.42. The molecule has 0 saturated carbocycles. The summed E-state index contributed by atoms with van der Waals surface area (Å²) >= 11 is 1.72. The number of pyridine rings is 1. The van der Waals surface area contributed by atoms with E-state index in [1.807, 2.05) is 25.1 Å². The zero-order valence-electron chi connectivity index (χ0n) is 9.34. The van der Waals surface area contributed by atoms with Gasteiger partial charge in [-0.2, -0.15) is 5.10 Å². The SMILES string of the molecule is Cc1cc(Sc2ccccc2)c2[nH]ncc2n1. The van der Waals surface area contributed by atoms with Crippen LogP contribution >= 0.6 is 11.8 Å². The first-order chi connectivity index (χ1) is 8.33. The topological polar surface area (TPSA) is 41.6 Å². The van der Waals surface area contributed by atoms with Crippen LogP contribution in [0.1, 0.15) is 5.69 Å². The van der Waals surface area contributed by atoms with E-state index in [0.29, 0.717) is 0 Å². The van der Waals surface area contributed by atoms with Gasteiger partial charge in [0, 0.05) is 15.5 Å². The molecule has 0 aliphatic heterocycles. The van der Waals surface area contributed by atoms with Gasteiger partial charge in [0.15, 0.2) is 0 Å². The van der Waals surface area contributed by atoms with E-state index in [-0.39, 0.29) is 0 Å². The van der Waals surface area contributed by atoms with Crippen LogP contribution in [-0.2, 0) is 0 Å². The lowest BCUT2D eigenvalue weighted by atomic mass is 10.3. The van der Waals surface area contributed by atoms with Gasteiger partial charge in [0.05, 0.1) is 11.7 Å². The molecule has 3 rings (SSSR count). The highest BCUT2D eigenvalue weighted by Crippen LogP contribution is 2.32. The molecule has 3 nitrogen and oxygen atoms in total. The number of rotatable bonds is 2. The normalized spacial score (nSPS) is 10.9. The molecule has 0 unspecified atom stereocenters. The molecule has 2 heterocycles. The Morgan fingerprint density at radius 1 is 1.18 bits per heavy atom. The average Bonchev–Trinajstić information content (AvgIpc) is 2.78. The first-order valence-electron chi connectivity index (χ1n) is 5.36. The van der Waals surface area contributed by atoms with E-state index in [0.717, 1.165) is 21.6 Å². The maximum absolute atomic E-state index is 4.43. The summed E-state index contributed by atoms with van der Waals surface area (Å²) < 4.78 is 0. The van der Waals surface area contributed by atoms with Crippen molar-refractivity contribution in [1.82, 2.24) is 15.2 Å². The number of aryl methyl sites for hydroxylation is 1. The maximum atomic E-state index is 4.43. The fourth-order valence-corrected chi connectivity index (χ4v) is 2.75. The third-order valence-electron chi connectivity index (χ3n) is 2.47. The molecule has 4 heteroatoms. The van der Waals surface area contributed by atoms with Gasteiger partial charge in [-0.15, -0.1) is 0 Å². The molecule has 2 aromatic heterocycles. The van der Waals surface area contributed by atoms with Crippen molar-refractivity contribution >= 4 is 22.8 Å². The van der Waals surface area contributed by atoms with Gasteiger partial charge in [-0.1, -0.05) is 30.0 Å². The van der Waals surface area contributed by atoms with Crippen LogP contribution in [0.5, 0.6) is 0 Å². The smallest absolute Gasteiger partial charge is 0.109 e. The Bertz CT molecular complexity index is 646. The Hall–Kier alpha value is -1.81. The number of nitrogens with one attached hydrogen (secondary N) is 1. The number of aromatic nitrogens is 3. The van der Waals surface area contributed by atoms with Crippen molar-refractivity contribution in [1.29, 1.82) is 0 Å². The molecule has 17 heavy (non-hydrogen) atoms. The Morgan fingerprint density at radius 2 is 2.00 bits per heavy atom. The molecule has 3 aromatic rings. The lowest BCUT2D eigenvalue weighted by Gasteiger charge is -2.03. The van der Waals surface area contributed by atoms with E-state index >= 15 is 0 Å². The number of H-pyrrole nitrogens is 1. The van der Waals surface area contributed by atoms with Crippen LogP contribution in [0.3, 0.4) is 0 Å². The number of nitrogens with zero attached hydrogens (tertiary/aromatic N) is 2. The second kappa shape index (κ2) is 4.22. The van der Waals surface area contributed by atoms with Crippen molar-refractivity contribution in [3.05, 3.63) is 48.3 Å². The summed E-state index contributed by atoms with van der Waals surface area (Å²) in [5.41, 5.74) is 2.94. The number of hydrogen-bond donors (Lipinski definition) is 1. The van der Waals surface area contributed by atoms with E-state index in [1.165, 1.54) is 4.90 Å². The lowest BCUT2D eigenvalue weighted by Crippen LogP contribution is -1.84. The summed E-state index contributed by atoms with van der Waals surface area (Å²) in [5.74, 6) is 0. The van der Waals surface area contributed by atoms with Gasteiger partial charge >= 0.3 is 0 Å². The fraction of sp³-hybridized carbons (Fsp3) is 0.0769. The molecule has 0 aliphatic rings. The molecule has 0 saturated heterocycles. The van der Waals surface area contributed by atoms with Crippen molar-refractivity contribution in [3.8, 4) is 0 Å². The molecule has 0 radical (unpaired) electrons. The Labute approximate surface area is 103 Å². The van der Waals surface area contributed by atoms with Gasteiger partial charge in [0.25, 0.3) is 0 Å². The quantitative estimate of drug-likeness (QED) is 0.747. The van der Waals surface area contributed by atoms with E-state index in [2.05, 4.69) is 33.4 Å². The molecule has 0 fully saturated rings. The van der Waals surface area contributed by atoms with Crippen LogP contribution in [0.25, 0.3) is 11.0 Å². The predicted molar refractivity (Wildman–Crippen MR) is 69.2 cm³/mol. The van der Waals surface area contributed by atoms with E-state index in [4.69, 9.17) is 0 Å². The summed E-state index contributed by atoms with van der Waals surface area (Å²) in [5, 5.41) is 7.05. The van der Waals surface area contributed by atoms with Crippen LogP contribution in [0, 0.1) is 6.92 Å². The zero-order valence-corrected chi connectivity index (χ0v) is 10.2. The highest BCUT2D eigenvalue weighted by Gasteiger charge is 2.07. The van der Waals surface area contributed by atoms with Gasteiger partial charge in [-0.3, -0.25) is 5.10 Å².